The molecule has 3 aromatic rings. The van der Waals surface area contributed by atoms with E-state index in [9.17, 15) is 9.59 Å². The molecule has 0 bridgehead atoms. The van der Waals surface area contributed by atoms with Gasteiger partial charge >= 0.3 is 5.97 Å². The van der Waals surface area contributed by atoms with Crippen molar-refractivity contribution < 1.29 is 14.3 Å². The van der Waals surface area contributed by atoms with Gasteiger partial charge in [-0.15, -0.1) is 0 Å². The molecule has 0 atom stereocenters. The Balaban J connectivity index is 1.75. The maximum Gasteiger partial charge on any atom is 0.357 e. The highest BCUT2D eigenvalue weighted by Gasteiger charge is 2.21. The monoisotopic (exact) mass is 395 g/mol. The molecule has 0 aliphatic rings. The standard InChI is InChI=1S/C21H21N3O3S/c1-3-23(16-10-6-4-7-11-16)19(25)15-27-20(26)18-14-22-21(28-2)24(18)17-12-8-5-9-13-17/h4-14H,3,15H2,1-2H3. The van der Waals surface area contributed by atoms with Gasteiger partial charge in [0.05, 0.1) is 6.20 Å². The van der Waals surface area contributed by atoms with E-state index in [1.165, 1.54) is 18.0 Å². The van der Waals surface area contributed by atoms with E-state index in [2.05, 4.69) is 4.98 Å². The molecule has 0 fully saturated rings. The van der Waals surface area contributed by atoms with Crippen LogP contribution in [0.5, 0.6) is 0 Å². The minimum Gasteiger partial charge on any atom is -0.451 e. The predicted molar refractivity (Wildman–Crippen MR) is 110 cm³/mol. The van der Waals surface area contributed by atoms with Crippen molar-refractivity contribution in [2.45, 2.75) is 12.1 Å². The third-order valence-corrected chi connectivity index (χ3v) is 4.80. The Hall–Kier alpha value is -3.06. The number of ether oxygens (including phenoxy) is 1. The normalized spacial score (nSPS) is 10.5. The zero-order chi connectivity index (χ0) is 19.9. The Labute approximate surface area is 168 Å². The number of imidazole rings is 1. The molecule has 1 amide bonds. The first-order chi connectivity index (χ1) is 13.7. The summed E-state index contributed by atoms with van der Waals surface area (Å²) in [5.41, 5.74) is 1.86. The van der Waals surface area contributed by atoms with Gasteiger partial charge in [-0.3, -0.25) is 9.36 Å². The van der Waals surface area contributed by atoms with Gasteiger partial charge in [-0.1, -0.05) is 48.2 Å². The summed E-state index contributed by atoms with van der Waals surface area (Å²) in [4.78, 5) is 31.1. The first kappa shape index (κ1) is 19.7. The van der Waals surface area contributed by atoms with Crippen LogP contribution in [0.25, 0.3) is 5.69 Å². The van der Waals surface area contributed by atoms with Gasteiger partial charge in [-0.05, 0) is 37.4 Å². The summed E-state index contributed by atoms with van der Waals surface area (Å²) in [7, 11) is 0. The third kappa shape index (κ3) is 4.26. The fourth-order valence-electron chi connectivity index (χ4n) is 2.84. The van der Waals surface area contributed by atoms with Gasteiger partial charge in [-0.25, -0.2) is 9.78 Å². The number of esters is 1. The Morgan fingerprint density at radius 3 is 2.32 bits per heavy atom. The molecule has 0 saturated heterocycles. The first-order valence-electron chi connectivity index (χ1n) is 8.85. The fourth-order valence-corrected chi connectivity index (χ4v) is 3.38. The van der Waals surface area contributed by atoms with Gasteiger partial charge in [0, 0.05) is 17.9 Å². The SMILES string of the molecule is CCN(C(=O)COC(=O)c1cnc(SC)n1-c1ccccc1)c1ccccc1. The summed E-state index contributed by atoms with van der Waals surface area (Å²) < 4.78 is 7.04. The van der Waals surface area contributed by atoms with Gasteiger partial charge in [0.2, 0.25) is 0 Å². The maximum absolute atomic E-state index is 12.7. The van der Waals surface area contributed by atoms with Crippen molar-refractivity contribution in [3.8, 4) is 5.69 Å². The third-order valence-electron chi connectivity index (χ3n) is 4.15. The lowest BCUT2D eigenvalue weighted by Crippen LogP contribution is -2.34. The summed E-state index contributed by atoms with van der Waals surface area (Å²) >= 11 is 1.43. The number of carbonyl (C=O) groups excluding carboxylic acids is 2. The summed E-state index contributed by atoms with van der Waals surface area (Å²) in [5, 5.41) is 0.670. The first-order valence-corrected chi connectivity index (χ1v) is 10.1. The predicted octanol–water partition coefficient (Wildman–Crippen LogP) is 3.80. The van der Waals surface area contributed by atoms with Crippen molar-refractivity contribution in [1.82, 2.24) is 9.55 Å². The highest BCUT2D eigenvalue weighted by atomic mass is 32.2. The van der Waals surface area contributed by atoms with Crippen LogP contribution in [0.4, 0.5) is 5.69 Å². The molecule has 6 nitrogen and oxygen atoms in total. The molecule has 0 aliphatic carbocycles. The molecular formula is C21H21N3O3S. The summed E-state index contributed by atoms with van der Waals surface area (Å²) in [5.74, 6) is -0.868. The molecule has 0 radical (unpaired) electrons. The number of para-hydroxylation sites is 2. The van der Waals surface area contributed by atoms with Gasteiger partial charge in [0.1, 0.15) is 0 Å². The number of hydrogen-bond acceptors (Lipinski definition) is 5. The minimum absolute atomic E-state index is 0.280. The van der Waals surface area contributed by atoms with Crippen molar-refractivity contribution in [1.29, 1.82) is 0 Å². The van der Waals surface area contributed by atoms with Crippen molar-refractivity contribution in [3.63, 3.8) is 0 Å². The molecular weight excluding hydrogens is 374 g/mol. The molecule has 7 heteroatoms. The van der Waals surface area contributed by atoms with Crippen LogP contribution in [0.3, 0.4) is 0 Å². The molecule has 3 rings (SSSR count). The van der Waals surface area contributed by atoms with Gasteiger partial charge in [-0.2, -0.15) is 0 Å². The quantitative estimate of drug-likeness (QED) is 0.450. The van der Waals surface area contributed by atoms with E-state index in [1.807, 2.05) is 73.8 Å². The van der Waals surface area contributed by atoms with Crippen LogP contribution in [-0.2, 0) is 9.53 Å². The van der Waals surface area contributed by atoms with Crippen LogP contribution in [0.15, 0.2) is 72.0 Å². The van der Waals surface area contributed by atoms with E-state index in [4.69, 9.17) is 4.74 Å². The molecule has 1 aromatic heterocycles. The Kier molecular flexibility index (Phi) is 6.49. The van der Waals surface area contributed by atoms with Crippen molar-refractivity contribution in [2.24, 2.45) is 0 Å². The van der Waals surface area contributed by atoms with Crippen LogP contribution in [0.1, 0.15) is 17.4 Å². The lowest BCUT2D eigenvalue weighted by Gasteiger charge is -2.20. The molecule has 2 aromatic carbocycles. The number of hydrogen-bond donors (Lipinski definition) is 0. The molecule has 144 valence electrons. The smallest absolute Gasteiger partial charge is 0.357 e. The molecule has 0 saturated carbocycles. The van der Waals surface area contributed by atoms with Crippen LogP contribution in [0.2, 0.25) is 0 Å². The zero-order valence-corrected chi connectivity index (χ0v) is 16.6. The number of amides is 1. The van der Waals surface area contributed by atoms with Crippen LogP contribution in [0, 0.1) is 0 Å². The number of thioether (sulfide) groups is 1. The van der Waals surface area contributed by atoms with Crippen LogP contribution < -0.4 is 4.90 Å². The summed E-state index contributed by atoms with van der Waals surface area (Å²) in [6.07, 6.45) is 3.36. The lowest BCUT2D eigenvalue weighted by atomic mass is 10.3. The Morgan fingerprint density at radius 1 is 1.07 bits per heavy atom. The van der Waals surface area contributed by atoms with Crippen LogP contribution >= 0.6 is 11.8 Å². The Morgan fingerprint density at radius 2 is 1.71 bits per heavy atom. The molecule has 0 unspecified atom stereocenters. The second kappa shape index (κ2) is 9.23. The van der Waals surface area contributed by atoms with E-state index in [0.29, 0.717) is 11.7 Å². The second-order valence-electron chi connectivity index (χ2n) is 5.85. The molecule has 0 aliphatic heterocycles. The summed E-state index contributed by atoms with van der Waals surface area (Å²) in [6.45, 7) is 2.02. The van der Waals surface area contributed by atoms with E-state index in [1.54, 1.807) is 9.47 Å². The number of anilines is 1. The van der Waals surface area contributed by atoms with E-state index >= 15 is 0 Å². The zero-order valence-electron chi connectivity index (χ0n) is 15.7. The van der Waals surface area contributed by atoms with E-state index in [-0.39, 0.29) is 18.2 Å². The molecule has 28 heavy (non-hydrogen) atoms. The number of benzene rings is 2. The summed E-state index contributed by atoms with van der Waals surface area (Å²) in [6, 6.07) is 18.7. The van der Waals surface area contributed by atoms with E-state index in [0.717, 1.165) is 11.4 Å². The molecule has 0 N–H and O–H groups in total. The van der Waals surface area contributed by atoms with Gasteiger partial charge < -0.3 is 9.64 Å². The Bertz CT molecular complexity index is 942. The highest BCUT2D eigenvalue weighted by Crippen LogP contribution is 2.22. The van der Waals surface area contributed by atoms with Gasteiger partial charge in [0.25, 0.3) is 5.91 Å². The topological polar surface area (TPSA) is 64.4 Å². The number of carbonyl (C=O) groups is 2. The number of nitrogens with zero attached hydrogens (tertiary/aromatic N) is 3. The minimum atomic E-state index is -0.589. The largest absolute Gasteiger partial charge is 0.451 e. The number of rotatable bonds is 7. The number of likely N-dealkylation sites (N-methyl/N-ethyl adjacent to an activating group) is 1. The second-order valence-corrected chi connectivity index (χ2v) is 6.62. The highest BCUT2D eigenvalue weighted by molar-refractivity contribution is 7.98. The number of aromatic nitrogens is 2. The fraction of sp³-hybridized carbons (Fsp3) is 0.190. The van der Waals surface area contributed by atoms with Gasteiger partial charge in [0.15, 0.2) is 17.5 Å². The van der Waals surface area contributed by atoms with E-state index < -0.39 is 5.97 Å². The average molecular weight is 395 g/mol. The lowest BCUT2D eigenvalue weighted by molar-refractivity contribution is -0.121. The maximum atomic E-state index is 12.7. The van der Waals surface area contributed by atoms with Crippen LogP contribution in [-0.4, -0.2) is 40.8 Å². The van der Waals surface area contributed by atoms with Crippen molar-refractivity contribution in [2.75, 3.05) is 24.3 Å². The average Bonchev–Trinajstić information content (AvgIpc) is 3.18. The van der Waals surface area contributed by atoms with Crippen molar-refractivity contribution in [3.05, 3.63) is 72.6 Å². The molecule has 0 spiro atoms. The molecule has 1 heterocycles. The van der Waals surface area contributed by atoms with Crippen molar-refractivity contribution >= 4 is 29.3 Å².